The minimum Gasteiger partial charge on any atom is -0.480 e. The van der Waals surface area contributed by atoms with E-state index in [9.17, 15) is 58.2 Å². The molecule has 0 spiro atoms. The van der Waals surface area contributed by atoms with E-state index in [0.717, 1.165) is 0 Å². The van der Waals surface area contributed by atoms with Gasteiger partial charge in [0.05, 0.1) is 19.1 Å². The lowest BCUT2D eigenvalue weighted by molar-refractivity contribution is -0.145. The Morgan fingerprint density at radius 3 is 1.86 bits per heavy atom. The molecule has 0 unspecified atom stereocenters. The van der Waals surface area contributed by atoms with Gasteiger partial charge in [-0.1, -0.05) is 44.2 Å². The summed E-state index contributed by atoms with van der Waals surface area (Å²) in [6.45, 7) is 4.20. The molecule has 396 valence electrons. The van der Waals surface area contributed by atoms with Crippen molar-refractivity contribution in [1.29, 1.82) is 0 Å². The summed E-state index contributed by atoms with van der Waals surface area (Å²) in [5.74, 6) is -10.4. The first-order chi connectivity index (χ1) is 33.5. The van der Waals surface area contributed by atoms with Gasteiger partial charge in [-0.15, -0.1) is 0 Å². The smallest absolute Gasteiger partial charge is 0.326 e. The summed E-state index contributed by atoms with van der Waals surface area (Å²) in [6, 6.07) is -2.37. The largest absolute Gasteiger partial charge is 0.480 e. The number of nitrogens with one attached hydrogen (secondary N) is 7. The predicted octanol–water partition coefficient (Wildman–Crippen LogP) is -5.32. The molecule has 1 heterocycles. The zero-order valence-electron chi connectivity index (χ0n) is 40.3. The van der Waals surface area contributed by atoms with Crippen molar-refractivity contribution in [2.75, 3.05) is 31.9 Å². The fraction of sp³-hybridized carbons (Fsp3) is 0.614. The fourth-order valence-electron chi connectivity index (χ4n) is 7.44. The molecular weight excluding hydrogens is 949 g/mol. The minimum atomic E-state index is -1.69. The van der Waals surface area contributed by atoms with Crippen LogP contribution in [0.1, 0.15) is 77.7 Å². The van der Waals surface area contributed by atoms with Crippen LogP contribution >= 0.6 is 12.6 Å². The van der Waals surface area contributed by atoms with Crippen molar-refractivity contribution < 1.29 is 58.2 Å². The molecule has 0 radical (unpaired) electrons. The highest BCUT2D eigenvalue weighted by atomic mass is 32.1. The molecule has 1 aliphatic heterocycles. The lowest BCUT2D eigenvalue weighted by atomic mass is 10.0. The number of hydrogen-bond donors (Lipinski definition) is 15. The molecule has 9 atom stereocenters. The van der Waals surface area contributed by atoms with E-state index in [1.165, 1.54) is 11.8 Å². The van der Waals surface area contributed by atoms with E-state index in [2.05, 4.69) is 54.8 Å². The zero-order valence-corrected chi connectivity index (χ0v) is 41.2. The molecule has 71 heavy (non-hydrogen) atoms. The maximum Gasteiger partial charge on any atom is 0.326 e. The van der Waals surface area contributed by atoms with Crippen molar-refractivity contribution in [1.82, 2.24) is 42.1 Å². The van der Waals surface area contributed by atoms with Gasteiger partial charge in [-0.3, -0.25) is 48.1 Å². The van der Waals surface area contributed by atoms with E-state index in [1.54, 1.807) is 44.2 Å². The zero-order chi connectivity index (χ0) is 53.4. The van der Waals surface area contributed by atoms with Crippen LogP contribution in [0.25, 0.3) is 0 Å². The van der Waals surface area contributed by atoms with Crippen LogP contribution in [0.3, 0.4) is 0 Å². The van der Waals surface area contributed by atoms with Gasteiger partial charge in [-0.25, -0.2) is 4.79 Å². The third kappa shape index (κ3) is 20.7. The number of aliphatic imine (C=N–C) groups is 1. The number of carboxylic acid groups (broad SMARTS) is 1. The van der Waals surface area contributed by atoms with Crippen molar-refractivity contribution in [2.24, 2.45) is 39.6 Å². The fourth-order valence-corrected chi connectivity index (χ4v) is 7.70. The van der Waals surface area contributed by atoms with Gasteiger partial charge < -0.3 is 81.0 Å². The Bertz CT molecular complexity index is 2030. The Balaban J connectivity index is 2.34. The second kappa shape index (κ2) is 30.9. The lowest BCUT2D eigenvalue weighted by Gasteiger charge is -2.31. The Morgan fingerprint density at radius 1 is 0.718 bits per heavy atom. The van der Waals surface area contributed by atoms with E-state index >= 15 is 0 Å². The lowest BCUT2D eigenvalue weighted by Crippen LogP contribution is -2.62. The van der Waals surface area contributed by atoms with Crippen LogP contribution in [0.5, 0.6) is 0 Å². The summed E-state index contributed by atoms with van der Waals surface area (Å²) in [5.41, 5.74) is 28.0. The SMILES string of the molecule is CC(C)[C@H](NC(=O)[C@H](CC(N)=O)NC(=O)[C@@H](NC(=O)CN)[C@@H](C)O)C(=O)N[C@@H](CS)C(=O)N[C@@H](CCCN=C(N)N)C(=O)N[C@@H](CCCCN)C(=O)N1CCC[C@H]1C(=O)N[C@@H](Cc1ccccc1)C(=O)O. The highest BCUT2D eigenvalue weighted by Gasteiger charge is 2.40. The number of carbonyl (C=O) groups excluding carboxylic acids is 9. The predicted molar refractivity (Wildman–Crippen MR) is 262 cm³/mol. The topological polar surface area (TPSA) is 441 Å². The molecule has 1 aliphatic rings. The summed E-state index contributed by atoms with van der Waals surface area (Å²) in [4.78, 5) is 138. The van der Waals surface area contributed by atoms with Gasteiger partial charge >= 0.3 is 5.97 Å². The molecule has 0 aliphatic carbocycles. The first-order valence-electron chi connectivity index (χ1n) is 23.3. The van der Waals surface area contributed by atoms with Crippen LogP contribution in [0.2, 0.25) is 0 Å². The summed E-state index contributed by atoms with van der Waals surface area (Å²) >= 11 is 4.25. The van der Waals surface area contributed by atoms with Gasteiger partial charge in [0.25, 0.3) is 0 Å². The molecule has 1 saturated heterocycles. The molecule has 19 N–H and O–H groups in total. The molecule has 2 rings (SSSR count). The molecule has 0 aromatic heterocycles. The van der Waals surface area contributed by atoms with Crippen LogP contribution in [0, 0.1) is 5.92 Å². The number of thiol groups is 1. The van der Waals surface area contributed by atoms with Crippen molar-refractivity contribution in [2.45, 2.75) is 133 Å². The van der Waals surface area contributed by atoms with E-state index < -0.39 is 132 Å². The number of unbranched alkanes of at least 4 members (excludes halogenated alkanes) is 1. The Kier molecular flexibility index (Phi) is 26.4. The number of likely N-dealkylation sites (tertiary alicyclic amines) is 1. The summed E-state index contributed by atoms with van der Waals surface area (Å²) < 4.78 is 0. The molecule has 1 fully saturated rings. The van der Waals surface area contributed by atoms with Crippen LogP contribution in [-0.4, -0.2) is 167 Å². The third-order valence-electron chi connectivity index (χ3n) is 11.2. The number of guanidine groups is 1. The van der Waals surface area contributed by atoms with Crippen molar-refractivity contribution in [3.63, 3.8) is 0 Å². The maximum absolute atomic E-state index is 14.3. The molecule has 1 aromatic carbocycles. The Hall–Kier alpha value is -6.58. The number of nitrogens with zero attached hydrogens (tertiary/aromatic N) is 2. The average molecular weight is 1020 g/mol. The highest BCUT2D eigenvalue weighted by molar-refractivity contribution is 7.80. The number of aliphatic carboxylic acids is 1. The van der Waals surface area contributed by atoms with Crippen molar-refractivity contribution in [3.8, 4) is 0 Å². The van der Waals surface area contributed by atoms with E-state index in [0.29, 0.717) is 24.8 Å². The van der Waals surface area contributed by atoms with Gasteiger partial charge in [-0.05, 0) is 69.9 Å². The molecule has 9 amide bonds. The quantitative estimate of drug-likeness (QED) is 0.0143. The van der Waals surface area contributed by atoms with Crippen LogP contribution in [-0.2, 0) is 54.4 Å². The van der Waals surface area contributed by atoms with Gasteiger partial charge in [0, 0.05) is 25.3 Å². The molecule has 27 heteroatoms. The third-order valence-corrected chi connectivity index (χ3v) is 11.6. The van der Waals surface area contributed by atoms with E-state index in [1.807, 2.05) is 0 Å². The number of nitrogens with two attached hydrogens (primary N) is 5. The summed E-state index contributed by atoms with van der Waals surface area (Å²) in [6.07, 6.45) is -0.590. The van der Waals surface area contributed by atoms with Crippen molar-refractivity contribution >= 4 is 77.7 Å². The average Bonchev–Trinajstić information content (AvgIpc) is 3.81. The number of carboxylic acids is 1. The molecule has 0 saturated carbocycles. The maximum atomic E-state index is 14.3. The number of aliphatic hydroxyl groups excluding tert-OH is 1. The second-order valence-electron chi connectivity index (χ2n) is 17.3. The van der Waals surface area contributed by atoms with Crippen molar-refractivity contribution in [3.05, 3.63) is 35.9 Å². The van der Waals surface area contributed by atoms with Crippen LogP contribution in [0.15, 0.2) is 35.3 Å². The number of aliphatic hydroxyl groups is 1. The van der Waals surface area contributed by atoms with Gasteiger partial charge in [0.2, 0.25) is 53.2 Å². The molecule has 1 aromatic rings. The van der Waals surface area contributed by atoms with Gasteiger partial charge in [0.1, 0.15) is 48.3 Å². The van der Waals surface area contributed by atoms with Crippen LogP contribution < -0.4 is 65.9 Å². The standard InChI is InChI=1S/C44H72N14O12S/c1-23(2)34(57-37(63)28(20-32(47)60)53-41(67)35(24(3)59)56-33(61)21-46)40(66)55-30(22-71)38(64)51-26(14-9-17-50-44(48)49)36(62)52-27(13-7-8-16-45)42(68)58-18-10-15-31(58)39(65)54-29(43(69)70)19-25-11-5-4-6-12-25/h4-6,11-12,23-24,26-31,34-35,59,71H,7-10,13-22,45-46H2,1-3H3,(H2,47,60)(H,51,64)(H,52,62)(H,53,67)(H,54,65)(H,55,66)(H,56,61)(H,57,63)(H,69,70)(H4,48,49,50)/t24-,26+,27+,28+,29+,30+,31+,34+,35+/m1/s1. The minimum absolute atomic E-state index is 0.00411. The molecular formula is C44H72N14O12S. The number of carbonyl (C=O) groups is 10. The number of amides is 9. The van der Waals surface area contributed by atoms with E-state index in [4.69, 9.17) is 28.7 Å². The number of rotatable bonds is 31. The van der Waals surface area contributed by atoms with Crippen LogP contribution in [0.4, 0.5) is 0 Å². The van der Waals surface area contributed by atoms with Gasteiger partial charge in [-0.2, -0.15) is 12.6 Å². The highest BCUT2D eigenvalue weighted by Crippen LogP contribution is 2.21. The van der Waals surface area contributed by atoms with E-state index in [-0.39, 0.29) is 63.5 Å². The summed E-state index contributed by atoms with van der Waals surface area (Å²) in [7, 11) is 0. The molecule has 26 nitrogen and oxygen atoms in total. The first-order valence-corrected chi connectivity index (χ1v) is 23.9. The number of hydrogen-bond acceptors (Lipinski definition) is 15. The summed E-state index contributed by atoms with van der Waals surface area (Å²) in [5, 5.41) is 37.3. The second-order valence-corrected chi connectivity index (χ2v) is 17.7. The normalized spacial score (nSPS) is 16.6. The van der Waals surface area contributed by atoms with Gasteiger partial charge in [0.15, 0.2) is 5.96 Å². The Morgan fingerprint density at radius 2 is 1.30 bits per heavy atom. The first kappa shape index (κ1) is 60.5. The Labute approximate surface area is 417 Å². The monoisotopic (exact) mass is 1020 g/mol. The number of primary amides is 1. The number of benzene rings is 1. The molecule has 0 bridgehead atoms.